The van der Waals surface area contributed by atoms with Gasteiger partial charge in [-0.2, -0.15) is 0 Å². The predicted octanol–water partition coefficient (Wildman–Crippen LogP) is 4.59. The smallest absolute Gasteiger partial charge is 0.123 e. The first-order valence-corrected chi connectivity index (χ1v) is 8.14. The number of thioether (sulfide) groups is 1. The van der Waals surface area contributed by atoms with Gasteiger partial charge in [-0.1, -0.05) is 34.1 Å². The first-order chi connectivity index (χ1) is 9.56. The summed E-state index contributed by atoms with van der Waals surface area (Å²) in [5, 5.41) is 10.1. The minimum atomic E-state index is -0.502. The summed E-state index contributed by atoms with van der Waals surface area (Å²) in [5.74, 6) is 0.315. The summed E-state index contributed by atoms with van der Waals surface area (Å²) < 4.78 is 14.0. The van der Waals surface area contributed by atoms with Crippen molar-refractivity contribution in [2.45, 2.75) is 24.3 Å². The highest BCUT2D eigenvalue weighted by atomic mass is 79.9. The van der Waals surface area contributed by atoms with E-state index >= 15 is 0 Å². The molecular weight excluding hydrogens is 339 g/mol. The predicted molar refractivity (Wildman–Crippen MR) is 85.7 cm³/mol. The second-order valence-electron chi connectivity index (χ2n) is 4.67. The first kappa shape index (κ1) is 15.5. The molecule has 0 aliphatic carbocycles. The van der Waals surface area contributed by atoms with Crippen molar-refractivity contribution in [2.75, 3.05) is 5.75 Å². The third-order valence-electron chi connectivity index (χ3n) is 2.99. The molecule has 0 fully saturated rings. The van der Waals surface area contributed by atoms with Crippen molar-refractivity contribution < 1.29 is 9.50 Å². The van der Waals surface area contributed by atoms with Crippen LogP contribution in [0.3, 0.4) is 0 Å². The van der Waals surface area contributed by atoms with Crippen LogP contribution in [0.4, 0.5) is 4.39 Å². The number of hydrogen-bond acceptors (Lipinski definition) is 2. The Morgan fingerprint density at radius 2 is 2.00 bits per heavy atom. The van der Waals surface area contributed by atoms with Crippen LogP contribution in [0.2, 0.25) is 0 Å². The fourth-order valence-corrected chi connectivity index (χ4v) is 3.29. The van der Waals surface area contributed by atoms with Gasteiger partial charge in [-0.3, -0.25) is 0 Å². The van der Waals surface area contributed by atoms with Crippen molar-refractivity contribution in [2.24, 2.45) is 0 Å². The molecule has 2 aromatic carbocycles. The zero-order valence-electron chi connectivity index (χ0n) is 11.1. The van der Waals surface area contributed by atoms with Crippen LogP contribution in [0.5, 0.6) is 0 Å². The summed E-state index contributed by atoms with van der Waals surface area (Å²) >= 11 is 5.01. The fraction of sp³-hybridized carbons (Fsp3) is 0.250. The molecule has 0 bridgehead atoms. The van der Waals surface area contributed by atoms with Crippen molar-refractivity contribution in [3.05, 3.63) is 63.9 Å². The van der Waals surface area contributed by atoms with Gasteiger partial charge in [-0.15, -0.1) is 11.8 Å². The number of halogens is 2. The summed E-state index contributed by atoms with van der Waals surface area (Å²) in [4.78, 5) is 1.17. The van der Waals surface area contributed by atoms with Crippen LogP contribution >= 0.6 is 27.7 Å². The zero-order chi connectivity index (χ0) is 14.5. The molecule has 0 aliphatic rings. The van der Waals surface area contributed by atoms with Gasteiger partial charge in [0.1, 0.15) is 5.82 Å². The summed E-state index contributed by atoms with van der Waals surface area (Å²) in [6.45, 7) is 2.05. The maximum Gasteiger partial charge on any atom is 0.123 e. The second kappa shape index (κ2) is 7.25. The molecule has 20 heavy (non-hydrogen) atoms. The zero-order valence-corrected chi connectivity index (χ0v) is 13.5. The molecule has 0 aliphatic heterocycles. The van der Waals surface area contributed by atoms with Gasteiger partial charge >= 0.3 is 0 Å². The van der Waals surface area contributed by atoms with Crippen molar-refractivity contribution in [1.29, 1.82) is 0 Å². The Bertz CT molecular complexity index is 588. The lowest BCUT2D eigenvalue weighted by atomic mass is 10.1. The van der Waals surface area contributed by atoms with E-state index in [0.717, 1.165) is 10.0 Å². The normalized spacial score (nSPS) is 12.4. The highest BCUT2D eigenvalue weighted by Gasteiger charge is 2.10. The Balaban J connectivity index is 1.94. The van der Waals surface area contributed by atoms with Gasteiger partial charge in [-0.25, -0.2) is 4.39 Å². The van der Waals surface area contributed by atoms with Gasteiger partial charge in [0, 0.05) is 21.5 Å². The van der Waals surface area contributed by atoms with Gasteiger partial charge < -0.3 is 5.11 Å². The summed E-state index contributed by atoms with van der Waals surface area (Å²) in [5.41, 5.74) is 2.00. The van der Waals surface area contributed by atoms with Crippen molar-refractivity contribution in [3.63, 3.8) is 0 Å². The summed E-state index contributed by atoms with van der Waals surface area (Å²) in [6.07, 6.45) is -0.0604. The van der Waals surface area contributed by atoms with Gasteiger partial charge in [0.2, 0.25) is 0 Å². The Labute approximate surface area is 131 Å². The van der Waals surface area contributed by atoms with E-state index in [-0.39, 0.29) is 5.82 Å². The van der Waals surface area contributed by atoms with Gasteiger partial charge in [0.15, 0.2) is 0 Å². The number of aryl methyl sites for hydroxylation is 1. The molecule has 1 unspecified atom stereocenters. The number of benzene rings is 2. The number of aliphatic hydroxyl groups is 1. The number of hydrogen-bond donors (Lipinski definition) is 1. The van der Waals surface area contributed by atoms with E-state index in [4.69, 9.17) is 0 Å². The Morgan fingerprint density at radius 1 is 1.25 bits per heavy atom. The third-order valence-corrected chi connectivity index (χ3v) is 5.08. The maximum absolute atomic E-state index is 13.2. The SMILES string of the molecule is Cc1ccccc1SCC(O)Cc1cc(F)ccc1Br. The Morgan fingerprint density at radius 3 is 2.75 bits per heavy atom. The van der Waals surface area contributed by atoms with Crippen molar-refractivity contribution in [1.82, 2.24) is 0 Å². The van der Waals surface area contributed by atoms with Crippen molar-refractivity contribution in [3.8, 4) is 0 Å². The molecule has 1 atom stereocenters. The van der Waals surface area contributed by atoms with E-state index in [2.05, 4.69) is 28.9 Å². The van der Waals surface area contributed by atoms with Gasteiger partial charge in [0.05, 0.1) is 6.10 Å². The molecule has 4 heteroatoms. The van der Waals surface area contributed by atoms with Gasteiger partial charge in [0.25, 0.3) is 0 Å². The minimum absolute atomic E-state index is 0.276. The van der Waals surface area contributed by atoms with E-state index < -0.39 is 6.10 Å². The number of rotatable bonds is 5. The van der Waals surface area contributed by atoms with E-state index in [1.807, 2.05) is 18.2 Å². The maximum atomic E-state index is 13.2. The van der Waals surface area contributed by atoms with E-state index in [1.165, 1.54) is 22.6 Å². The average Bonchev–Trinajstić information content (AvgIpc) is 2.42. The molecule has 0 spiro atoms. The van der Waals surface area contributed by atoms with Crippen LogP contribution in [-0.2, 0) is 6.42 Å². The van der Waals surface area contributed by atoms with Crippen LogP contribution in [-0.4, -0.2) is 17.0 Å². The van der Waals surface area contributed by atoms with Crippen molar-refractivity contribution >= 4 is 27.7 Å². The topological polar surface area (TPSA) is 20.2 Å². The van der Waals surface area contributed by atoms with Crippen LogP contribution in [0.1, 0.15) is 11.1 Å². The third kappa shape index (κ3) is 4.33. The number of aliphatic hydroxyl groups excluding tert-OH is 1. The van der Waals surface area contributed by atoms with Crippen LogP contribution < -0.4 is 0 Å². The first-order valence-electron chi connectivity index (χ1n) is 6.36. The quantitative estimate of drug-likeness (QED) is 0.792. The Hall–Kier alpha value is -0.840. The van der Waals surface area contributed by atoms with Crippen LogP contribution in [0.15, 0.2) is 51.8 Å². The molecule has 1 nitrogen and oxygen atoms in total. The molecule has 0 radical (unpaired) electrons. The van der Waals surface area contributed by atoms with E-state index in [1.54, 1.807) is 17.8 Å². The molecule has 2 aromatic rings. The summed E-state index contributed by atoms with van der Waals surface area (Å²) in [6, 6.07) is 12.6. The Kier molecular flexibility index (Phi) is 5.64. The minimum Gasteiger partial charge on any atom is -0.392 e. The summed E-state index contributed by atoms with van der Waals surface area (Å²) in [7, 11) is 0. The molecule has 106 valence electrons. The monoisotopic (exact) mass is 354 g/mol. The lowest BCUT2D eigenvalue weighted by Crippen LogP contribution is -2.14. The van der Waals surface area contributed by atoms with Gasteiger partial charge in [-0.05, 0) is 42.3 Å². The largest absolute Gasteiger partial charge is 0.392 e. The molecule has 0 amide bonds. The highest BCUT2D eigenvalue weighted by Crippen LogP contribution is 2.25. The molecule has 0 heterocycles. The lowest BCUT2D eigenvalue weighted by molar-refractivity contribution is 0.200. The second-order valence-corrected chi connectivity index (χ2v) is 6.59. The fourth-order valence-electron chi connectivity index (χ4n) is 1.92. The standard InChI is InChI=1S/C16H16BrFOS/c1-11-4-2-3-5-16(11)20-10-14(19)9-12-8-13(18)6-7-15(12)17/h2-8,14,19H,9-10H2,1H3. The molecule has 0 aromatic heterocycles. The molecular formula is C16H16BrFOS. The molecule has 2 rings (SSSR count). The van der Waals surface area contributed by atoms with Crippen LogP contribution in [0.25, 0.3) is 0 Å². The van der Waals surface area contributed by atoms with E-state index in [9.17, 15) is 9.50 Å². The molecule has 0 saturated heterocycles. The average molecular weight is 355 g/mol. The lowest BCUT2D eigenvalue weighted by Gasteiger charge is -2.12. The van der Waals surface area contributed by atoms with E-state index in [0.29, 0.717) is 12.2 Å². The van der Waals surface area contributed by atoms with Crippen LogP contribution in [0, 0.1) is 12.7 Å². The molecule has 0 saturated carbocycles. The highest BCUT2D eigenvalue weighted by molar-refractivity contribution is 9.10. The molecule has 1 N–H and O–H groups in total.